The van der Waals surface area contributed by atoms with Crippen LogP contribution in [0.5, 0.6) is 0 Å². The van der Waals surface area contributed by atoms with Crippen LogP contribution >= 0.6 is 0 Å². The number of amides is 1. The number of amidine groups is 1. The van der Waals surface area contributed by atoms with Crippen LogP contribution in [-0.4, -0.2) is 28.4 Å². The fraction of sp³-hybridized carbons (Fsp3) is 0.706. The van der Waals surface area contributed by atoms with Crippen LogP contribution in [0.25, 0.3) is 0 Å². The Labute approximate surface area is 132 Å². The van der Waals surface area contributed by atoms with Crippen molar-refractivity contribution in [2.45, 2.75) is 66.3 Å². The van der Waals surface area contributed by atoms with Gasteiger partial charge in [-0.1, -0.05) is 41.0 Å². The number of hydrogen-bond donors (Lipinski definition) is 2. The van der Waals surface area contributed by atoms with E-state index < -0.39 is 11.5 Å². The molecule has 5 nitrogen and oxygen atoms in total. The predicted octanol–water partition coefficient (Wildman–Crippen LogP) is 3.16. The minimum absolute atomic E-state index is 0.0461. The highest BCUT2D eigenvalue weighted by atomic mass is 16.4. The van der Waals surface area contributed by atoms with E-state index in [2.05, 4.69) is 17.2 Å². The van der Waals surface area contributed by atoms with Gasteiger partial charge in [0.1, 0.15) is 11.4 Å². The Balaban J connectivity index is 3.39. The monoisotopic (exact) mass is 308 g/mol. The molecule has 0 aromatic carbocycles. The van der Waals surface area contributed by atoms with Crippen LogP contribution in [0.3, 0.4) is 0 Å². The zero-order chi connectivity index (χ0) is 17.1. The van der Waals surface area contributed by atoms with Crippen LogP contribution in [0.15, 0.2) is 16.1 Å². The van der Waals surface area contributed by atoms with E-state index in [1.54, 1.807) is 6.92 Å². The van der Waals surface area contributed by atoms with Crippen molar-refractivity contribution >= 4 is 17.7 Å². The minimum Gasteiger partial charge on any atom is -0.478 e. The lowest BCUT2D eigenvalue weighted by Gasteiger charge is -2.21. The number of aliphatic imine (C=N–C) groups is 1. The number of carboxylic acid groups (broad SMARTS) is 1. The van der Waals surface area contributed by atoms with Gasteiger partial charge >= 0.3 is 5.97 Å². The number of nitrogens with one attached hydrogen (secondary N) is 1. The van der Waals surface area contributed by atoms with E-state index in [1.165, 1.54) is 0 Å². The van der Waals surface area contributed by atoms with Gasteiger partial charge in [-0.15, -0.1) is 0 Å². The molecule has 1 rings (SSSR count). The first-order valence-electron chi connectivity index (χ1n) is 8.03. The van der Waals surface area contributed by atoms with Crippen molar-refractivity contribution in [3.8, 4) is 0 Å². The summed E-state index contributed by atoms with van der Waals surface area (Å²) in [4.78, 5) is 28.5. The summed E-state index contributed by atoms with van der Waals surface area (Å²) < 4.78 is 0. The third-order valence-electron chi connectivity index (χ3n) is 4.36. The first-order valence-corrected chi connectivity index (χ1v) is 8.03. The third-order valence-corrected chi connectivity index (χ3v) is 4.36. The van der Waals surface area contributed by atoms with E-state index in [-0.39, 0.29) is 17.7 Å². The maximum atomic E-state index is 12.3. The number of carbonyl (C=O) groups is 2. The van der Waals surface area contributed by atoms with Gasteiger partial charge in [0.15, 0.2) is 0 Å². The molecule has 1 atom stereocenters. The number of unbranched alkanes of at least 4 members (excludes halogenated alkanes) is 1. The maximum Gasteiger partial charge on any atom is 0.332 e. The lowest BCUT2D eigenvalue weighted by molar-refractivity contribution is -0.133. The van der Waals surface area contributed by atoms with Gasteiger partial charge in [-0.3, -0.25) is 9.79 Å². The molecule has 0 radical (unpaired) electrons. The van der Waals surface area contributed by atoms with Gasteiger partial charge in [-0.05, 0) is 31.6 Å². The summed E-state index contributed by atoms with van der Waals surface area (Å²) in [6.07, 6.45) is 2.44. The highest BCUT2D eigenvalue weighted by Crippen LogP contribution is 2.30. The molecule has 0 spiro atoms. The normalized spacial score (nSPS) is 22.7. The molecule has 0 fully saturated rings. The summed E-state index contributed by atoms with van der Waals surface area (Å²) in [7, 11) is 0. The molecule has 5 heteroatoms. The molecule has 0 bridgehead atoms. The van der Waals surface area contributed by atoms with Crippen molar-refractivity contribution in [1.82, 2.24) is 5.32 Å². The highest BCUT2D eigenvalue weighted by molar-refractivity contribution is 6.17. The van der Waals surface area contributed by atoms with Crippen molar-refractivity contribution < 1.29 is 14.7 Å². The SMILES string of the molecule is CCCCC(C1=NC(C)(C(C)C)C(=O)N1)=C(C(=O)O)C(C)C. The van der Waals surface area contributed by atoms with E-state index in [1.807, 2.05) is 27.7 Å². The lowest BCUT2D eigenvalue weighted by Crippen LogP contribution is -2.41. The Bertz CT molecular complexity index is 518. The smallest absolute Gasteiger partial charge is 0.332 e. The van der Waals surface area contributed by atoms with Crippen LogP contribution in [0.2, 0.25) is 0 Å². The highest BCUT2D eigenvalue weighted by Gasteiger charge is 2.43. The van der Waals surface area contributed by atoms with Gasteiger partial charge in [0.2, 0.25) is 0 Å². The van der Waals surface area contributed by atoms with E-state index in [9.17, 15) is 14.7 Å². The zero-order valence-corrected chi connectivity index (χ0v) is 14.5. The summed E-state index contributed by atoms with van der Waals surface area (Å²) >= 11 is 0. The summed E-state index contributed by atoms with van der Waals surface area (Å²) in [6.45, 7) is 11.5. The average Bonchev–Trinajstić information content (AvgIpc) is 2.70. The second-order valence-electron chi connectivity index (χ2n) is 6.67. The molecule has 1 amide bonds. The van der Waals surface area contributed by atoms with E-state index in [0.29, 0.717) is 23.4 Å². The number of nitrogens with zero attached hydrogens (tertiary/aromatic N) is 1. The van der Waals surface area contributed by atoms with Gasteiger partial charge in [-0.25, -0.2) is 4.79 Å². The van der Waals surface area contributed by atoms with Gasteiger partial charge in [0, 0.05) is 11.1 Å². The molecular weight excluding hydrogens is 280 g/mol. The maximum absolute atomic E-state index is 12.3. The number of aliphatic carboxylic acids is 1. The summed E-state index contributed by atoms with van der Waals surface area (Å²) in [6, 6.07) is 0. The van der Waals surface area contributed by atoms with Crippen molar-refractivity contribution in [3.05, 3.63) is 11.1 Å². The van der Waals surface area contributed by atoms with Crippen molar-refractivity contribution in [2.75, 3.05) is 0 Å². The van der Waals surface area contributed by atoms with Crippen molar-refractivity contribution in [3.63, 3.8) is 0 Å². The van der Waals surface area contributed by atoms with E-state index in [4.69, 9.17) is 0 Å². The summed E-state index contributed by atoms with van der Waals surface area (Å²) in [5, 5.41) is 12.4. The molecule has 0 saturated carbocycles. The standard InChI is InChI=1S/C17H28N2O3/c1-7-8-9-12(13(10(2)3)15(20)21)14-18-16(22)17(6,19-14)11(4)5/h10-11H,7-9H2,1-6H3,(H,20,21)(H,18,19,22). The molecule has 2 N–H and O–H groups in total. The fourth-order valence-corrected chi connectivity index (χ4v) is 2.54. The Kier molecular flexibility index (Phi) is 5.92. The zero-order valence-electron chi connectivity index (χ0n) is 14.5. The van der Waals surface area contributed by atoms with Crippen LogP contribution in [-0.2, 0) is 9.59 Å². The average molecular weight is 308 g/mol. The lowest BCUT2D eigenvalue weighted by atomic mass is 9.89. The quantitative estimate of drug-likeness (QED) is 0.709. The Morgan fingerprint density at radius 2 is 1.91 bits per heavy atom. The molecule has 124 valence electrons. The van der Waals surface area contributed by atoms with Crippen molar-refractivity contribution in [1.29, 1.82) is 0 Å². The molecule has 1 unspecified atom stereocenters. The molecule has 1 aliphatic rings. The molecule has 1 aliphatic heterocycles. The van der Waals surface area contributed by atoms with Crippen LogP contribution in [0.1, 0.15) is 60.8 Å². The molecule has 0 aromatic heterocycles. The third kappa shape index (κ3) is 3.57. The number of carboxylic acids is 1. The van der Waals surface area contributed by atoms with Crippen LogP contribution in [0.4, 0.5) is 0 Å². The molecular formula is C17H28N2O3. The first-order chi connectivity index (χ1) is 10.1. The fourth-order valence-electron chi connectivity index (χ4n) is 2.54. The molecule has 22 heavy (non-hydrogen) atoms. The van der Waals surface area contributed by atoms with E-state index >= 15 is 0 Å². The largest absolute Gasteiger partial charge is 0.478 e. The summed E-state index contributed by atoms with van der Waals surface area (Å²) in [5.74, 6) is -0.725. The summed E-state index contributed by atoms with van der Waals surface area (Å²) in [5.41, 5.74) is 0.190. The van der Waals surface area contributed by atoms with Gasteiger partial charge < -0.3 is 10.4 Å². The Morgan fingerprint density at radius 1 is 1.32 bits per heavy atom. The van der Waals surface area contributed by atoms with Gasteiger partial charge in [0.25, 0.3) is 5.91 Å². The topological polar surface area (TPSA) is 78.8 Å². The van der Waals surface area contributed by atoms with Crippen LogP contribution in [0, 0.1) is 11.8 Å². The first kappa shape index (κ1) is 18.4. The van der Waals surface area contributed by atoms with Crippen LogP contribution < -0.4 is 5.32 Å². The molecule has 0 saturated heterocycles. The second kappa shape index (κ2) is 7.07. The molecule has 0 aliphatic carbocycles. The Morgan fingerprint density at radius 3 is 2.27 bits per heavy atom. The van der Waals surface area contributed by atoms with Crippen molar-refractivity contribution in [2.24, 2.45) is 16.8 Å². The number of carbonyl (C=O) groups excluding carboxylic acids is 1. The molecule has 0 aromatic rings. The molecule has 1 heterocycles. The van der Waals surface area contributed by atoms with Gasteiger partial charge in [-0.2, -0.15) is 0 Å². The minimum atomic E-state index is -0.934. The van der Waals surface area contributed by atoms with E-state index in [0.717, 1.165) is 12.8 Å². The van der Waals surface area contributed by atoms with Gasteiger partial charge in [0.05, 0.1) is 0 Å². The number of rotatable bonds is 7. The predicted molar refractivity (Wildman–Crippen MR) is 87.8 cm³/mol. The second-order valence-corrected chi connectivity index (χ2v) is 6.67. The number of hydrogen-bond acceptors (Lipinski definition) is 3. The Hall–Kier alpha value is -1.65.